The molecule has 0 bridgehead atoms. The summed E-state index contributed by atoms with van der Waals surface area (Å²) in [6, 6.07) is -0.583. The lowest BCUT2D eigenvalue weighted by molar-refractivity contribution is 0.148. The molecular formula is C7H10NO2. The van der Waals surface area contributed by atoms with Crippen LogP contribution in [0.15, 0.2) is 11.6 Å². The van der Waals surface area contributed by atoms with E-state index in [2.05, 4.69) is 0 Å². The van der Waals surface area contributed by atoms with E-state index in [0.717, 1.165) is 18.6 Å². The van der Waals surface area contributed by atoms with E-state index in [1.54, 1.807) is 6.29 Å². The van der Waals surface area contributed by atoms with Crippen LogP contribution in [-0.4, -0.2) is 25.5 Å². The molecule has 55 valence electrons. The Balaban J connectivity index is 2.52. The fourth-order valence-electron chi connectivity index (χ4n) is 0.869. The quantitative estimate of drug-likeness (QED) is 0.539. The third-order valence-corrected chi connectivity index (χ3v) is 1.46. The largest absolute Gasteiger partial charge is 0.377 e. The van der Waals surface area contributed by atoms with Crippen molar-refractivity contribution in [2.45, 2.75) is 12.5 Å². The molecule has 1 atom stereocenters. The number of ether oxygens (including phenoxy) is 1. The zero-order chi connectivity index (χ0) is 7.40. The van der Waals surface area contributed by atoms with Crippen molar-refractivity contribution in [2.24, 2.45) is 5.73 Å². The van der Waals surface area contributed by atoms with Gasteiger partial charge in [0.2, 0.25) is 6.29 Å². The predicted octanol–water partition coefficient (Wildman–Crippen LogP) is -0.230. The lowest BCUT2D eigenvalue weighted by atomic mass is 10.1. The van der Waals surface area contributed by atoms with Gasteiger partial charge < -0.3 is 10.5 Å². The first-order chi connectivity index (χ1) is 4.84. The molecule has 1 unspecified atom stereocenters. The van der Waals surface area contributed by atoms with Gasteiger partial charge in [-0.3, -0.25) is 4.79 Å². The topological polar surface area (TPSA) is 52.3 Å². The molecule has 10 heavy (non-hydrogen) atoms. The lowest BCUT2D eigenvalue weighted by Crippen LogP contribution is -2.28. The van der Waals surface area contributed by atoms with Crippen LogP contribution in [0.4, 0.5) is 0 Å². The number of nitrogens with two attached hydrogens (primary N) is 1. The Morgan fingerprint density at radius 2 is 2.60 bits per heavy atom. The van der Waals surface area contributed by atoms with Gasteiger partial charge in [-0.2, -0.15) is 0 Å². The second-order valence-electron chi connectivity index (χ2n) is 2.22. The van der Waals surface area contributed by atoms with Crippen LogP contribution in [-0.2, 0) is 9.53 Å². The molecule has 0 aromatic heterocycles. The molecular weight excluding hydrogens is 130 g/mol. The fourth-order valence-corrected chi connectivity index (χ4v) is 0.869. The van der Waals surface area contributed by atoms with Crippen LogP contribution in [0, 0.1) is 0 Å². The van der Waals surface area contributed by atoms with Gasteiger partial charge in [0.25, 0.3) is 0 Å². The second kappa shape index (κ2) is 3.49. The monoisotopic (exact) mass is 140 g/mol. The molecule has 1 aliphatic heterocycles. The summed E-state index contributed by atoms with van der Waals surface area (Å²) in [5, 5.41) is 0. The van der Waals surface area contributed by atoms with E-state index in [4.69, 9.17) is 10.5 Å². The zero-order valence-electron chi connectivity index (χ0n) is 5.67. The highest BCUT2D eigenvalue weighted by molar-refractivity contribution is 5.63. The number of carbonyl (C=O) groups excluding carboxylic acids is 1. The SMILES string of the molecule is NC([C]=O)C1=CCCOC1. The molecule has 0 saturated carbocycles. The van der Waals surface area contributed by atoms with E-state index in [9.17, 15) is 4.79 Å². The Morgan fingerprint density at radius 1 is 1.80 bits per heavy atom. The van der Waals surface area contributed by atoms with Gasteiger partial charge in [0, 0.05) is 0 Å². The summed E-state index contributed by atoms with van der Waals surface area (Å²) in [6.45, 7) is 1.21. The summed E-state index contributed by atoms with van der Waals surface area (Å²) >= 11 is 0. The molecule has 1 aliphatic rings. The Labute approximate surface area is 59.8 Å². The average Bonchev–Trinajstić information content (AvgIpc) is 2.05. The molecule has 0 spiro atoms. The second-order valence-corrected chi connectivity index (χ2v) is 2.22. The molecule has 1 rings (SSSR count). The van der Waals surface area contributed by atoms with Crippen LogP contribution in [0.5, 0.6) is 0 Å². The van der Waals surface area contributed by atoms with Crippen molar-refractivity contribution in [3.05, 3.63) is 11.6 Å². The van der Waals surface area contributed by atoms with Gasteiger partial charge in [-0.05, 0) is 12.0 Å². The van der Waals surface area contributed by atoms with Gasteiger partial charge in [-0.1, -0.05) is 6.08 Å². The van der Waals surface area contributed by atoms with Gasteiger partial charge in [-0.15, -0.1) is 0 Å². The van der Waals surface area contributed by atoms with Crippen molar-refractivity contribution >= 4 is 6.29 Å². The van der Waals surface area contributed by atoms with Crippen LogP contribution in [0.2, 0.25) is 0 Å². The van der Waals surface area contributed by atoms with Gasteiger partial charge in [-0.25, -0.2) is 0 Å². The van der Waals surface area contributed by atoms with Crippen LogP contribution in [0.1, 0.15) is 6.42 Å². The molecule has 1 radical (unpaired) electrons. The van der Waals surface area contributed by atoms with Gasteiger partial charge in [0.1, 0.15) is 0 Å². The van der Waals surface area contributed by atoms with E-state index >= 15 is 0 Å². The van der Waals surface area contributed by atoms with Crippen molar-refractivity contribution in [3.8, 4) is 0 Å². The minimum absolute atomic E-state index is 0.483. The molecule has 0 aromatic carbocycles. The third kappa shape index (κ3) is 1.65. The molecule has 0 fully saturated rings. The van der Waals surface area contributed by atoms with Gasteiger partial charge in [0.05, 0.1) is 19.3 Å². The van der Waals surface area contributed by atoms with Crippen molar-refractivity contribution in [2.75, 3.05) is 13.2 Å². The standard InChI is InChI=1S/C7H10NO2/c8-7(4-9)6-2-1-3-10-5-6/h2,7H,1,3,5,8H2. The minimum atomic E-state index is -0.583. The summed E-state index contributed by atoms with van der Waals surface area (Å²) in [5.41, 5.74) is 6.22. The maximum Gasteiger partial charge on any atom is 0.221 e. The predicted molar refractivity (Wildman–Crippen MR) is 37.2 cm³/mol. The van der Waals surface area contributed by atoms with E-state index in [0.29, 0.717) is 6.61 Å². The maximum absolute atomic E-state index is 10.1. The molecule has 0 aromatic rings. The molecule has 1 heterocycles. The number of hydrogen-bond donors (Lipinski definition) is 1. The summed E-state index contributed by atoms with van der Waals surface area (Å²) in [7, 11) is 0. The first-order valence-corrected chi connectivity index (χ1v) is 3.24. The average molecular weight is 140 g/mol. The number of rotatable bonds is 2. The van der Waals surface area contributed by atoms with E-state index < -0.39 is 6.04 Å². The normalized spacial score (nSPS) is 21.5. The van der Waals surface area contributed by atoms with E-state index in [1.165, 1.54) is 0 Å². The molecule has 0 amide bonds. The molecule has 0 aliphatic carbocycles. The number of hydrogen-bond acceptors (Lipinski definition) is 3. The van der Waals surface area contributed by atoms with Crippen molar-refractivity contribution in [1.29, 1.82) is 0 Å². The Morgan fingerprint density at radius 3 is 3.10 bits per heavy atom. The van der Waals surface area contributed by atoms with Crippen molar-refractivity contribution in [3.63, 3.8) is 0 Å². The van der Waals surface area contributed by atoms with Crippen LogP contribution < -0.4 is 5.73 Å². The minimum Gasteiger partial charge on any atom is -0.377 e. The summed E-state index contributed by atoms with van der Waals surface area (Å²) < 4.78 is 5.08. The highest BCUT2D eigenvalue weighted by Gasteiger charge is 2.11. The Bertz CT molecular complexity index is 154. The van der Waals surface area contributed by atoms with Crippen molar-refractivity contribution in [1.82, 2.24) is 0 Å². The first-order valence-electron chi connectivity index (χ1n) is 3.24. The van der Waals surface area contributed by atoms with Gasteiger partial charge in [0.15, 0.2) is 0 Å². The zero-order valence-corrected chi connectivity index (χ0v) is 5.67. The Hall–Kier alpha value is -0.670. The fraction of sp³-hybridized carbons (Fsp3) is 0.571. The lowest BCUT2D eigenvalue weighted by Gasteiger charge is -2.14. The van der Waals surface area contributed by atoms with E-state index in [-0.39, 0.29) is 0 Å². The third-order valence-electron chi connectivity index (χ3n) is 1.46. The van der Waals surface area contributed by atoms with Gasteiger partial charge >= 0.3 is 0 Å². The highest BCUT2D eigenvalue weighted by atomic mass is 16.5. The van der Waals surface area contributed by atoms with Crippen LogP contribution >= 0.6 is 0 Å². The maximum atomic E-state index is 10.1. The summed E-state index contributed by atoms with van der Waals surface area (Å²) in [4.78, 5) is 10.1. The molecule has 3 heteroatoms. The van der Waals surface area contributed by atoms with E-state index in [1.807, 2.05) is 6.08 Å². The highest BCUT2D eigenvalue weighted by Crippen LogP contribution is 2.06. The Kier molecular flexibility index (Phi) is 2.59. The summed E-state index contributed by atoms with van der Waals surface area (Å²) in [5.74, 6) is 0. The van der Waals surface area contributed by atoms with Crippen LogP contribution in [0.25, 0.3) is 0 Å². The first kappa shape index (κ1) is 7.44. The van der Waals surface area contributed by atoms with Crippen molar-refractivity contribution < 1.29 is 9.53 Å². The molecule has 2 N–H and O–H groups in total. The molecule has 3 nitrogen and oxygen atoms in total. The smallest absolute Gasteiger partial charge is 0.221 e. The molecule has 0 saturated heterocycles. The van der Waals surface area contributed by atoms with Crippen LogP contribution in [0.3, 0.4) is 0 Å². The summed E-state index contributed by atoms with van der Waals surface area (Å²) in [6.07, 6.45) is 4.51.